The van der Waals surface area contributed by atoms with Crippen molar-refractivity contribution in [3.05, 3.63) is 23.4 Å². The van der Waals surface area contributed by atoms with Crippen molar-refractivity contribution < 1.29 is 0 Å². The molecule has 1 aromatic heterocycles. The van der Waals surface area contributed by atoms with Crippen LogP contribution in [0.2, 0.25) is 5.02 Å². The molecular weight excluding hydrogens is 228 g/mol. The molecule has 0 aliphatic carbocycles. The first-order valence-electron chi connectivity index (χ1n) is 5.21. The van der Waals surface area contributed by atoms with E-state index in [1.807, 2.05) is 30.1 Å². The number of pyridine rings is 1. The third-order valence-electron chi connectivity index (χ3n) is 2.67. The van der Waals surface area contributed by atoms with Crippen molar-refractivity contribution in [2.45, 2.75) is 23.1 Å². The van der Waals surface area contributed by atoms with Crippen molar-refractivity contribution in [2.75, 3.05) is 20.1 Å². The zero-order valence-corrected chi connectivity index (χ0v) is 10.4. The Kier molecular flexibility index (Phi) is 3.89. The summed E-state index contributed by atoms with van der Waals surface area (Å²) < 4.78 is 0. The van der Waals surface area contributed by atoms with Crippen LogP contribution >= 0.6 is 23.4 Å². The smallest absolute Gasteiger partial charge is 0.115 e. The Morgan fingerprint density at radius 1 is 1.47 bits per heavy atom. The minimum absolute atomic E-state index is 0.675. The van der Waals surface area contributed by atoms with E-state index in [9.17, 15) is 0 Å². The molecule has 0 spiro atoms. The lowest BCUT2D eigenvalue weighted by molar-refractivity contribution is 0.282. The predicted octanol–water partition coefficient (Wildman–Crippen LogP) is 2.92. The highest BCUT2D eigenvalue weighted by Crippen LogP contribution is 2.32. The van der Waals surface area contributed by atoms with E-state index in [0.717, 1.165) is 10.0 Å². The highest BCUT2D eigenvalue weighted by atomic mass is 35.5. The predicted molar refractivity (Wildman–Crippen MR) is 65.6 cm³/mol. The van der Waals surface area contributed by atoms with E-state index in [2.05, 4.69) is 16.9 Å². The van der Waals surface area contributed by atoms with Gasteiger partial charge >= 0.3 is 0 Å². The van der Waals surface area contributed by atoms with Gasteiger partial charge in [-0.1, -0.05) is 11.6 Å². The summed E-state index contributed by atoms with van der Waals surface area (Å²) in [5.41, 5.74) is 0. The summed E-state index contributed by atoms with van der Waals surface area (Å²) in [7, 11) is 2.18. The van der Waals surface area contributed by atoms with Crippen LogP contribution in [0.15, 0.2) is 23.4 Å². The molecule has 1 aromatic rings. The fourth-order valence-corrected chi connectivity index (χ4v) is 3.04. The van der Waals surface area contributed by atoms with E-state index in [0.29, 0.717) is 5.25 Å². The highest BCUT2D eigenvalue weighted by molar-refractivity contribution is 8.00. The molecule has 0 aromatic carbocycles. The molecule has 1 fully saturated rings. The molecule has 1 saturated heterocycles. The molecule has 0 atom stereocenters. The Morgan fingerprint density at radius 3 is 2.87 bits per heavy atom. The maximum absolute atomic E-state index is 6.08. The van der Waals surface area contributed by atoms with Crippen LogP contribution in [0.5, 0.6) is 0 Å². The topological polar surface area (TPSA) is 16.1 Å². The van der Waals surface area contributed by atoms with Gasteiger partial charge in [0.15, 0.2) is 0 Å². The van der Waals surface area contributed by atoms with Gasteiger partial charge in [0.2, 0.25) is 0 Å². The van der Waals surface area contributed by atoms with Crippen LogP contribution < -0.4 is 0 Å². The average molecular weight is 243 g/mol. The van der Waals surface area contributed by atoms with E-state index < -0.39 is 0 Å². The zero-order valence-electron chi connectivity index (χ0n) is 8.82. The normalized spacial score (nSPS) is 19.3. The molecule has 82 valence electrons. The molecule has 1 aliphatic rings. The Labute approximate surface area is 100 Å². The molecule has 0 saturated carbocycles. The van der Waals surface area contributed by atoms with Gasteiger partial charge in [-0.2, -0.15) is 0 Å². The lowest BCUT2D eigenvalue weighted by Crippen LogP contribution is -2.31. The third kappa shape index (κ3) is 3.10. The summed E-state index contributed by atoms with van der Waals surface area (Å²) in [5, 5.41) is 2.43. The molecule has 0 amide bonds. The Bertz CT molecular complexity index is 324. The van der Waals surface area contributed by atoms with Crippen molar-refractivity contribution >= 4 is 23.4 Å². The maximum Gasteiger partial charge on any atom is 0.115 e. The first kappa shape index (κ1) is 11.2. The van der Waals surface area contributed by atoms with Gasteiger partial charge in [-0.05, 0) is 45.1 Å². The van der Waals surface area contributed by atoms with Gasteiger partial charge in [0.25, 0.3) is 0 Å². The number of nitrogens with zero attached hydrogens (tertiary/aromatic N) is 2. The average Bonchev–Trinajstić information content (AvgIpc) is 2.25. The summed E-state index contributed by atoms with van der Waals surface area (Å²) >= 11 is 7.90. The second kappa shape index (κ2) is 5.19. The Balaban J connectivity index is 1.95. The lowest BCUT2D eigenvalue weighted by atomic mass is 10.1. The van der Waals surface area contributed by atoms with E-state index in [1.165, 1.54) is 25.9 Å². The van der Waals surface area contributed by atoms with Crippen molar-refractivity contribution in [1.82, 2.24) is 9.88 Å². The first-order chi connectivity index (χ1) is 7.25. The van der Waals surface area contributed by atoms with Gasteiger partial charge in [-0.25, -0.2) is 4.98 Å². The summed E-state index contributed by atoms with van der Waals surface area (Å²) in [4.78, 5) is 6.68. The van der Waals surface area contributed by atoms with Crippen LogP contribution in [0.4, 0.5) is 0 Å². The number of halogens is 1. The van der Waals surface area contributed by atoms with Crippen molar-refractivity contribution in [3.63, 3.8) is 0 Å². The van der Waals surface area contributed by atoms with Gasteiger partial charge in [0.1, 0.15) is 5.03 Å². The number of hydrogen-bond donors (Lipinski definition) is 0. The molecular formula is C11H15ClN2S. The fourth-order valence-electron chi connectivity index (χ4n) is 1.72. The number of likely N-dealkylation sites (tertiary alicyclic amines) is 1. The van der Waals surface area contributed by atoms with Crippen molar-refractivity contribution in [3.8, 4) is 0 Å². The summed E-state index contributed by atoms with van der Waals surface area (Å²) in [6.07, 6.45) is 4.27. The SMILES string of the molecule is CN1CCC(Sc2ncccc2Cl)CC1. The monoisotopic (exact) mass is 242 g/mol. The van der Waals surface area contributed by atoms with Gasteiger partial charge < -0.3 is 4.90 Å². The van der Waals surface area contributed by atoms with Crippen LogP contribution in [-0.2, 0) is 0 Å². The lowest BCUT2D eigenvalue weighted by Gasteiger charge is -2.28. The molecule has 2 nitrogen and oxygen atoms in total. The van der Waals surface area contributed by atoms with Gasteiger partial charge in [0, 0.05) is 11.4 Å². The second-order valence-electron chi connectivity index (χ2n) is 3.91. The quantitative estimate of drug-likeness (QED) is 0.794. The van der Waals surface area contributed by atoms with Crippen LogP contribution in [-0.4, -0.2) is 35.3 Å². The van der Waals surface area contributed by atoms with Gasteiger partial charge in [0.05, 0.1) is 5.02 Å². The molecule has 0 unspecified atom stereocenters. The third-order valence-corrected chi connectivity index (χ3v) is 4.44. The maximum atomic E-state index is 6.08. The highest BCUT2D eigenvalue weighted by Gasteiger charge is 2.18. The largest absolute Gasteiger partial charge is 0.306 e. The minimum Gasteiger partial charge on any atom is -0.306 e. The molecule has 4 heteroatoms. The number of piperidine rings is 1. The van der Waals surface area contributed by atoms with E-state index in [4.69, 9.17) is 11.6 Å². The van der Waals surface area contributed by atoms with Crippen molar-refractivity contribution in [1.29, 1.82) is 0 Å². The van der Waals surface area contributed by atoms with Gasteiger partial charge in [-0.15, -0.1) is 11.8 Å². The Morgan fingerprint density at radius 2 is 2.20 bits per heavy atom. The molecule has 0 radical (unpaired) electrons. The standard InChI is InChI=1S/C11H15ClN2S/c1-14-7-4-9(5-8-14)15-11-10(12)3-2-6-13-11/h2-3,6,9H,4-5,7-8H2,1H3. The molecule has 0 bridgehead atoms. The molecule has 15 heavy (non-hydrogen) atoms. The number of hydrogen-bond acceptors (Lipinski definition) is 3. The summed E-state index contributed by atoms with van der Waals surface area (Å²) in [6, 6.07) is 3.78. The zero-order chi connectivity index (χ0) is 10.7. The van der Waals surface area contributed by atoms with Crippen molar-refractivity contribution in [2.24, 2.45) is 0 Å². The number of aromatic nitrogens is 1. The van der Waals surface area contributed by atoms with Crippen LogP contribution in [0, 0.1) is 0 Å². The van der Waals surface area contributed by atoms with E-state index >= 15 is 0 Å². The minimum atomic E-state index is 0.675. The fraction of sp³-hybridized carbons (Fsp3) is 0.545. The number of thioether (sulfide) groups is 1. The molecule has 1 aliphatic heterocycles. The van der Waals surface area contributed by atoms with Crippen LogP contribution in [0.1, 0.15) is 12.8 Å². The molecule has 2 rings (SSSR count). The first-order valence-corrected chi connectivity index (χ1v) is 6.47. The number of rotatable bonds is 2. The molecule has 2 heterocycles. The van der Waals surface area contributed by atoms with Crippen LogP contribution in [0.25, 0.3) is 0 Å². The Hall–Kier alpha value is -0.250. The van der Waals surface area contributed by atoms with Crippen LogP contribution in [0.3, 0.4) is 0 Å². The van der Waals surface area contributed by atoms with E-state index in [-0.39, 0.29) is 0 Å². The van der Waals surface area contributed by atoms with E-state index in [1.54, 1.807) is 0 Å². The molecule has 0 N–H and O–H groups in total. The summed E-state index contributed by atoms with van der Waals surface area (Å²) in [6.45, 7) is 2.37. The van der Waals surface area contributed by atoms with Gasteiger partial charge in [-0.3, -0.25) is 0 Å². The summed E-state index contributed by atoms with van der Waals surface area (Å²) in [5.74, 6) is 0. The second-order valence-corrected chi connectivity index (χ2v) is 5.61.